The Balaban J connectivity index is 2.29. The van der Waals surface area contributed by atoms with Gasteiger partial charge in [0, 0.05) is 0 Å². The Kier molecular flexibility index (Phi) is 4.96. The maximum absolute atomic E-state index is 11.8. The first-order valence-electron chi connectivity index (χ1n) is 7.00. The van der Waals surface area contributed by atoms with Crippen LogP contribution in [0, 0.1) is 0 Å². The van der Waals surface area contributed by atoms with Crippen molar-refractivity contribution in [2.75, 3.05) is 0 Å². The zero-order valence-electron chi connectivity index (χ0n) is 12.0. The Morgan fingerprint density at radius 2 is 0.870 bits per heavy atom. The summed E-state index contributed by atoms with van der Waals surface area (Å²) in [5.74, 6) is 0. The topological polar surface area (TPSA) is 20.2 Å². The average Bonchev–Trinajstić information content (AvgIpc) is 2.54. The Morgan fingerprint density at radius 1 is 0.565 bits per heavy atom. The molecule has 0 amide bonds. The van der Waals surface area contributed by atoms with Crippen LogP contribution < -0.4 is 15.9 Å². The van der Waals surface area contributed by atoms with E-state index in [4.69, 9.17) is 34.8 Å². The quantitative estimate of drug-likeness (QED) is 0.656. The first kappa shape index (κ1) is 16.8. The van der Waals surface area contributed by atoms with Crippen molar-refractivity contribution in [3.63, 3.8) is 0 Å². The van der Waals surface area contributed by atoms with Crippen LogP contribution in [0.1, 0.15) is 0 Å². The molecule has 1 N–H and O–H groups in total. The van der Waals surface area contributed by atoms with E-state index in [9.17, 15) is 4.89 Å². The number of halogens is 3. The molecule has 0 saturated carbocycles. The molecular weight excluding hydrogens is 370 g/mol. The number of rotatable bonds is 3. The fourth-order valence-corrected chi connectivity index (χ4v) is 6.59. The van der Waals surface area contributed by atoms with Crippen LogP contribution in [0.2, 0.25) is 15.1 Å². The van der Waals surface area contributed by atoms with Gasteiger partial charge in [0.25, 0.3) is 0 Å². The van der Waals surface area contributed by atoms with Gasteiger partial charge in [0.2, 0.25) is 0 Å². The summed E-state index contributed by atoms with van der Waals surface area (Å²) in [6, 6.07) is 21.9. The van der Waals surface area contributed by atoms with Crippen molar-refractivity contribution in [2.45, 2.75) is 0 Å². The van der Waals surface area contributed by atoms with E-state index < -0.39 is 7.49 Å². The Hall–Kier alpha value is -1.08. The molecule has 3 rings (SSSR count). The monoisotopic (exact) mass is 382 g/mol. The summed E-state index contributed by atoms with van der Waals surface area (Å²) in [7, 11) is -3.23. The molecule has 0 aromatic heterocycles. The molecule has 0 aliphatic carbocycles. The zero-order chi connectivity index (χ0) is 16.4. The minimum atomic E-state index is -3.23. The molecule has 0 saturated heterocycles. The molecule has 0 unspecified atom stereocenters. The SMILES string of the molecule is O[PH](c1cccc(Cl)c1)(c1cccc(Cl)c1)c1cccc(Cl)c1. The summed E-state index contributed by atoms with van der Waals surface area (Å²) in [6.45, 7) is 0. The van der Waals surface area contributed by atoms with Gasteiger partial charge in [-0.2, -0.15) is 0 Å². The van der Waals surface area contributed by atoms with Crippen molar-refractivity contribution in [3.8, 4) is 0 Å². The molecule has 0 spiro atoms. The van der Waals surface area contributed by atoms with Gasteiger partial charge in [-0.3, -0.25) is 0 Å². The summed E-state index contributed by atoms with van der Waals surface area (Å²) in [6.07, 6.45) is 0. The van der Waals surface area contributed by atoms with Gasteiger partial charge in [-0.1, -0.05) is 0 Å². The van der Waals surface area contributed by atoms with E-state index in [0.29, 0.717) is 15.1 Å². The summed E-state index contributed by atoms with van der Waals surface area (Å²) < 4.78 is 0. The standard InChI is InChI=1S/C18H14Cl3OP/c19-13-4-1-7-16(10-13)23(22,17-8-2-5-14(20)11-17)18-9-3-6-15(21)12-18/h1-12,22-23H. The van der Waals surface area contributed by atoms with Gasteiger partial charge < -0.3 is 0 Å². The maximum atomic E-state index is 11.8. The van der Waals surface area contributed by atoms with Crippen LogP contribution in [0.25, 0.3) is 0 Å². The summed E-state index contributed by atoms with van der Waals surface area (Å²) in [5, 5.41) is 4.10. The van der Waals surface area contributed by atoms with Gasteiger partial charge in [-0.05, 0) is 0 Å². The molecule has 0 radical (unpaired) electrons. The van der Waals surface area contributed by atoms with Crippen LogP contribution in [0.3, 0.4) is 0 Å². The molecule has 0 aliphatic rings. The second-order valence-electron chi connectivity index (χ2n) is 5.24. The van der Waals surface area contributed by atoms with Crippen molar-refractivity contribution in [1.29, 1.82) is 0 Å². The molecule has 1 nitrogen and oxygen atoms in total. The van der Waals surface area contributed by atoms with E-state index in [1.165, 1.54) is 0 Å². The van der Waals surface area contributed by atoms with Gasteiger partial charge in [0.1, 0.15) is 0 Å². The number of hydrogen-bond acceptors (Lipinski definition) is 1. The Morgan fingerprint density at radius 3 is 1.13 bits per heavy atom. The van der Waals surface area contributed by atoms with Gasteiger partial charge in [0.05, 0.1) is 0 Å². The first-order chi connectivity index (χ1) is 11.0. The fraction of sp³-hybridized carbons (Fsp3) is 0. The van der Waals surface area contributed by atoms with E-state index in [1.54, 1.807) is 36.4 Å². The second-order valence-corrected chi connectivity index (χ2v) is 9.70. The van der Waals surface area contributed by atoms with E-state index in [1.807, 2.05) is 36.4 Å². The molecule has 0 heterocycles. The van der Waals surface area contributed by atoms with Crippen LogP contribution in [0.4, 0.5) is 0 Å². The molecule has 3 aromatic carbocycles. The van der Waals surface area contributed by atoms with Crippen LogP contribution in [-0.4, -0.2) is 4.89 Å². The van der Waals surface area contributed by atoms with Crippen molar-refractivity contribution >= 4 is 58.2 Å². The Labute approximate surface area is 150 Å². The molecule has 23 heavy (non-hydrogen) atoms. The van der Waals surface area contributed by atoms with Crippen molar-refractivity contribution in [3.05, 3.63) is 87.9 Å². The fourth-order valence-electron chi connectivity index (χ4n) is 2.64. The summed E-state index contributed by atoms with van der Waals surface area (Å²) in [4.78, 5) is 11.8. The van der Waals surface area contributed by atoms with Crippen LogP contribution in [0.15, 0.2) is 72.8 Å². The molecule has 5 heteroatoms. The van der Waals surface area contributed by atoms with Crippen LogP contribution in [0.5, 0.6) is 0 Å². The third-order valence-electron chi connectivity index (χ3n) is 3.73. The third kappa shape index (κ3) is 3.40. The molecule has 0 fully saturated rings. The first-order valence-corrected chi connectivity index (χ1v) is 10.1. The number of benzene rings is 3. The number of hydrogen-bond donors (Lipinski definition) is 1. The van der Waals surface area contributed by atoms with E-state index in [-0.39, 0.29) is 0 Å². The molecule has 0 bridgehead atoms. The van der Waals surface area contributed by atoms with Gasteiger partial charge in [-0.15, -0.1) is 0 Å². The third-order valence-corrected chi connectivity index (χ3v) is 7.87. The molecular formula is C18H14Cl3OP. The normalized spacial score (nSPS) is 12.2. The average molecular weight is 384 g/mol. The summed E-state index contributed by atoms with van der Waals surface area (Å²) >= 11 is 18.4. The molecule has 3 aromatic rings. The molecule has 0 atom stereocenters. The van der Waals surface area contributed by atoms with E-state index in [2.05, 4.69) is 0 Å². The minimum absolute atomic E-state index is 0.581. The van der Waals surface area contributed by atoms with E-state index >= 15 is 0 Å². The van der Waals surface area contributed by atoms with Crippen molar-refractivity contribution in [1.82, 2.24) is 0 Å². The van der Waals surface area contributed by atoms with Gasteiger partial charge in [-0.25, -0.2) is 0 Å². The second kappa shape index (κ2) is 6.81. The molecule has 0 aliphatic heterocycles. The van der Waals surface area contributed by atoms with E-state index in [0.717, 1.165) is 15.9 Å². The van der Waals surface area contributed by atoms with Crippen molar-refractivity contribution < 1.29 is 4.89 Å². The predicted octanol–water partition coefficient (Wildman–Crippen LogP) is 4.58. The van der Waals surface area contributed by atoms with Gasteiger partial charge >= 0.3 is 151 Å². The van der Waals surface area contributed by atoms with Gasteiger partial charge in [0.15, 0.2) is 0 Å². The predicted molar refractivity (Wildman–Crippen MR) is 104 cm³/mol. The van der Waals surface area contributed by atoms with Crippen LogP contribution >= 0.6 is 42.3 Å². The zero-order valence-corrected chi connectivity index (χ0v) is 15.3. The van der Waals surface area contributed by atoms with Crippen LogP contribution in [-0.2, 0) is 0 Å². The molecule has 118 valence electrons. The summed E-state index contributed by atoms with van der Waals surface area (Å²) in [5.41, 5.74) is 0. The van der Waals surface area contributed by atoms with Crippen molar-refractivity contribution in [2.24, 2.45) is 0 Å². The Bertz CT molecular complexity index is 740.